The third-order valence-corrected chi connectivity index (χ3v) is 3.69. The second kappa shape index (κ2) is 6.13. The molecule has 0 fully saturated rings. The SMILES string of the molecule is COc1ccc(CNn2c(C(N)=O)ccc3nncc2-3)cc1Cl. The molecule has 7 nitrogen and oxygen atoms in total. The molecule has 8 heteroatoms. The van der Waals surface area contributed by atoms with Gasteiger partial charge in [0.2, 0.25) is 0 Å². The molecular weight excluding hydrogens is 318 g/mol. The second-order valence-electron chi connectivity index (χ2n) is 4.84. The van der Waals surface area contributed by atoms with Gasteiger partial charge < -0.3 is 15.9 Å². The van der Waals surface area contributed by atoms with E-state index in [0.29, 0.717) is 34.4 Å². The van der Waals surface area contributed by atoms with Crippen LogP contribution in [-0.4, -0.2) is 27.9 Å². The van der Waals surface area contributed by atoms with E-state index in [-0.39, 0.29) is 0 Å². The van der Waals surface area contributed by atoms with Crippen LogP contribution in [0.2, 0.25) is 5.02 Å². The lowest BCUT2D eigenvalue weighted by molar-refractivity contribution is 0.0992. The highest BCUT2D eigenvalue weighted by molar-refractivity contribution is 6.32. The van der Waals surface area contributed by atoms with E-state index < -0.39 is 5.91 Å². The highest BCUT2D eigenvalue weighted by Gasteiger charge is 2.16. The Morgan fingerprint density at radius 2 is 2.22 bits per heavy atom. The molecule has 0 saturated heterocycles. The molecule has 0 radical (unpaired) electrons. The first-order valence-corrected chi connectivity index (χ1v) is 7.17. The first-order chi connectivity index (χ1) is 11.1. The van der Waals surface area contributed by atoms with Crippen LogP contribution in [0.4, 0.5) is 0 Å². The third kappa shape index (κ3) is 2.91. The van der Waals surface area contributed by atoms with Gasteiger partial charge in [-0.25, -0.2) is 0 Å². The number of pyridine rings is 1. The van der Waals surface area contributed by atoms with E-state index in [1.165, 1.54) is 0 Å². The summed E-state index contributed by atoms with van der Waals surface area (Å²) in [4.78, 5) is 11.6. The van der Waals surface area contributed by atoms with Crippen LogP contribution in [0, 0.1) is 0 Å². The van der Waals surface area contributed by atoms with Crippen LogP contribution in [0.1, 0.15) is 16.1 Å². The number of nitrogens with one attached hydrogen (secondary N) is 1. The number of halogens is 1. The number of hydrogen-bond donors (Lipinski definition) is 2. The number of nitrogens with two attached hydrogens (primary N) is 1. The molecule has 0 unspecified atom stereocenters. The van der Waals surface area contributed by atoms with Gasteiger partial charge in [0, 0.05) is 0 Å². The molecule has 23 heavy (non-hydrogen) atoms. The summed E-state index contributed by atoms with van der Waals surface area (Å²) >= 11 is 6.12. The van der Waals surface area contributed by atoms with Crippen molar-refractivity contribution in [3.05, 3.63) is 52.8 Å². The molecule has 2 aliphatic rings. The normalized spacial score (nSPS) is 10.7. The molecule has 2 aliphatic heterocycles. The van der Waals surface area contributed by atoms with Crippen LogP contribution >= 0.6 is 11.6 Å². The number of nitrogens with zero attached hydrogens (tertiary/aromatic N) is 3. The average molecular weight is 332 g/mol. The maximum Gasteiger partial charge on any atom is 0.267 e. The lowest BCUT2D eigenvalue weighted by atomic mass is 10.2. The summed E-state index contributed by atoms with van der Waals surface area (Å²) in [5.74, 6) is 0.0563. The van der Waals surface area contributed by atoms with Crippen molar-refractivity contribution >= 4 is 17.5 Å². The average Bonchev–Trinajstić information content (AvgIpc) is 3.01. The quantitative estimate of drug-likeness (QED) is 0.744. The molecule has 1 amide bonds. The van der Waals surface area contributed by atoms with Gasteiger partial charge in [-0.1, -0.05) is 17.7 Å². The van der Waals surface area contributed by atoms with Crippen LogP contribution in [0.25, 0.3) is 11.4 Å². The van der Waals surface area contributed by atoms with Crippen LogP contribution in [0.3, 0.4) is 0 Å². The van der Waals surface area contributed by atoms with Crippen molar-refractivity contribution in [2.45, 2.75) is 6.54 Å². The lowest BCUT2D eigenvalue weighted by Crippen LogP contribution is -2.26. The maximum absolute atomic E-state index is 11.6. The van der Waals surface area contributed by atoms with Crippen LogP contribution in [-0.2, 0) is 6.54 Å². The van der Waals surface area contributed by atoms with Gasteiger partial charge in [-0.05, 0) is 29.8 Å². The van der Waals surface area contributed by atoms with Crippen molar-refractivity contribution in [2.24, 2.45) is 5.73 Å². The standard InChI is InChI=1S/C15H14ClN5O2/c1-23-14-5-2-9(6-10(14)16)7-19-21-12(15(17)22)4-3-11-13(21)8-18-20-11/h2-6,8,19H,7H2,1H3,(H2,17,22). The zero-order valence-corrected chi connectivity index (χ0v) is 13.0. The molecule has 0 spiro atoms. The second-order valence-corrected chi connectivity index (χ2v) is 5.24. The number of benzene rings is 1. The van der Waals surface area contributed by atoms with Crippen LogP contribution < -0.4 is 15.9 Å². The van der Waals surface area contributed by atoms with Gasteiger partial charge in [-0.2, -0.15) is 5.10 Å². The Morgan fingerprint density at radius 3 is 2.91 bits per heavy atom. The first kappa shape index (κ1) is 15.1. The minimum atomic E-state index is -0.548. The molecule has 118 valence electrons. The molecule has 0 atom stereocenters. The van der Waals surface area contributed by atoms with E-state index in [0.717, 1.165) is 5.56 Å². The van der Waals surface area contributed by atoms with Crippen molar-refractivity contribution in [2.75, 3.05) is 12.5 Å². The number of carbonyl (C=O) groups excluding carboxylic acids is 1. The minimum absolute atomic E-state index is 0.312. The lowest BCUT2D eigenvalue weighted by Gasteiger charge is -2.17. The van der Waals surface area contributed by atoms with Gasteiger partial charge in [-0.3, -0.25) is 9.47 Å². The molecule has 3 N–H and O–H groups in total. The molecule has 0 aromatic heterocycles. The van der Waals surface area contributed by atoms with Gasteiger partial charge in [0.25, 0.3) is 5.91 Å². The number of primary amides is 1. The van der Waals surface area contributed by atoms with E-state index in [4.69, 9.17) is 22.1 Å². The molecular formula is C15H14ClN5O2. The van der Waals surface area contributed by atoms with Crippen molar-refractivity contribution in [3.63, 3.8) is 0 Å². The summed E-state index contributed by atoms with van der Waals surface area (Å²) in [6.07, 6.45) is 1.57. The Hall–Kier alpha value is -2.80. The molecule has 3 rings (SSSR count). The smallest absolute Gasteiger partial charge is 0.267 e. The number of rotatable bonds is 5. The van der Waals surface area contributed by atoms with Gasteiger partial charge in [0.15, 0.2) is 0 Å². The van der Waals surface area contributed by atoms with E-state index >= 15 is 0 Å². The zero-order chi connectivity index (χ0) is 16.4. The summed E-state index contributed by atoms with van der Waals surface area (Å²) in [6.45, 7) is 0.430. The Balaban J connectivity index is 1.90. The summed E-state index contributed by atoms with van der Waals surface area (Å²) in [6, 6.07) is 8.76. The Kier molecular flexibility index (Phi) is 4.03. The van der Waals surface area contributed by atoms with E-state index in [1.807, 2.05) is 6.07 Å². The molecule has 2 heterocycles. The predicted molar refractivity (Wildman–Crippen MR) is 86.2 cm³/mol. The van der Waals surface area contributed by atoms with E-state index in [2.05, 4.69) is 15.6 Å². The number of fused-ring (bicyclic) bond motifs is 1. The largest absolute Gasteiger partial charge is 0.495 e. The van der Waals surface area contributed by atoms with Gasteiger partial charge in [-0.15, -0.1) is 5.10 Å². The van der Waals surface area contributed by atoms with E-state index in [1.54, 1.807) is 42.2 Å². The fourth-order valence-electron chi connectivity index (χ4n) is 2.27. The van der Waals surface area contributed by atoms with Crippen molar-refractivity contribution < 1.29 is 9.53 Å². The summed E-state index contributed by atoms with van der Waals surface area (Å²) in [5.41, 5.74) is 11.1. The highest BCUT2D eigenvalue weighted by Crippen LogP contribution is 2.25. The minimum Gasteiger partial charge on any atom is -0.495 e. The molecule has 0 saturated carbocycles. The van der Waals surface area contributed by atoms with Gasteiger partial charge in [0.05, 0.1) is 24.9 Å². The van der Waals surface area contributed by atoms with Crippen molar-refractivity contribution in [3.8, 4) is 17.1 Å². The Morgan fingerprint density at radius 1 is 1.39 bits per heavy atom. The van der Waals surface area contributed by atoms with Crippen molar-refractivity contribution in [1.29, 1.82) is 0 Å². The number of carbonyl (C=O) groups is 1. The summed E-state index contributed by atoms with van der Waals surface area (Å²) in [5, 5.41) is 8.34. The monoisotopic (exact) mass is 331 g/mol. The Labute approximate surface area is 137 Å². The Bertz CT molecular complexity index is 833. The molecule has 0 bridgehead atoms. The zero-order valence-electron chi connectivity index (χ0n) is 12.3. The molecule has 1 aromatic rings. The fraction of sp³-hybridized carbons (Fsp3) is 0.133. The molecule has 0 aliphatic carbocycles. The van der Waals surface area contributed by atoms with Crippen LogP contribution in [0.5, 0.6) is 5.75 Å². The van der Waals surface area contributed by atoms with Crippen molar-refractivity contribution in [1.82, 2.24) is 14.9 Å². The maximum atomic E-state index is 11.6. The first-order valence-electron chi connectivity index (χ1n) is 6.79. The summed E-state index contributed by atoms with van der Waals surface area (Å²) in [7, 11) is 1.56. The van der Waals surface area contributed by atoms with Crippen LogP contribution in [0.15, 0.2) is 36.5 Å². The third-order valence-electron chi connectivity index (χ3n) is 3.40. The predicted octanol–water partition coefficient (Wildman–Crippen LogP) is 1.89. The number of hydrogen-bond acceptors (Lipinski definition) is 5. The topological polar surface area (TPSA) is 95.1 Å². The van der Waals surface area contributed by atoms with Gasteiger partial charge in [0.1, 0.15) is 22.8 Å². The fourth-order valence-corrected chi connectivity index (χ4v) is 2.55. The van der Waals surface area contributed by atoms with E-state index in [9.17, 15) is 4.79 Å². The highest BCUT2D eigenvalue weighted by atomic mass is 35.5. The number of aromatic nitrogens is 3. The number of amides is 1. The number of ether oxygens (including phenoxy) is 1. The summed E-state index contributed by atoms with van der Waals surface area (Å²) < 4.78 is 6.70. The number of methoxy groups -OCH3 is 1. The molecule has 1 aromatic carbocycles. The van der Waals surface area contributed by atoms with Gasteiger partial charge >= 0.3 is 0 Å².